The fourth-order valence-corrected chi connectivity index (χ4v) is 16.3. The van der Waals surface area contributed by atoms with E-state index in [1.807, 2.05) is 0 Å². The summed E-state index contributed by atoms with van der Waals surface area (Å²) >= 11 is 0. The average molecular weight is 1790 g/mol. The topological polar surface area (TPSA) is 726 Å². The Bertz CT molecular complexity index is 3950. The van der Waals surface area contributed by atoms with Crippen LogP contribution in [-0.2, 0) is 87.9 Å². The normalized spacial score (nSPS) is 18.4. The summed E-state index contributed by atoms with van der Waals surface area (Å²) in [6.45, 7) is 10.5. The number of H-pyrrole nitrogens is 1. The predicted octanol–water partition coefficient (Wildman–Crippen LogP) is -4.46. The number of guanidine groups is 2. The molecule has 4 fully saturated rings. The molecule has 127 heavy (non-hydrogen) atoms. The van der Waals surface area contributed by atoms with Crippen LogP contribution in [0.3, 0.4) is 0 Å². The van der Waals surface area contributed by atoms with Gasteiger partial charge >= 0.3 is 0 Å². The van der Waals surface area contributed by atoms with Gasteiger partial charge in [0.1, 0.15) is 83.6 Å². The fourth-order valence-electron chi connectivity index (χ4n) is 16.3. The Labute approximate surface area is 740 Å². The van der Waals surface area contributed by atoms with E-state index in [-0.39, 0.29) is 126 Å². The minimum Gasteiger partial charge on any atom is -0.394 e. The van der Waals surface area contributed by atoms with Crippen molar-refractivity contribution in [3.8, 4) is 0 Å². The maximum absolute atomic E-state index is 15.2. The number of aliphatic imine (C=N–C) groups is 2. The summed E-state index contributed by atoms with van der Waals surface area (Å²) in [6.07, 6.45) is 11.8. The first-order valence-electron chi connectivity index (χ1n) is 44.4. The van der Waals surface area contributed by atoms with Gasteiger partial charge < -0.3 is 129 Å². The van der Waals surface area contributed by atoms with E-state index >= 15 is 14.4 Å². The van der Waals surface area contributed by atoms with E-state index in [2.05, 4.69) is 89.1 Å². The Kier molecular flexibility index (Phi) is 44.1. The number of aliphatic hydroxyl groups excluding tert-OH is 2. The van der Waals surface area contributed by atoms with Crippen LogP contribution in [0.1, 0.15) is 247 Å². The van der Waals surface area contributed by atoms with Gasteiger partial charge in [-0.25, -0.2) is 4.98 Å². The summed E-state index contributed by atoms with van der Waals surface area (Å²) in [4.78, 5) is 255. The van der Waals surface area contributed by atoms with Crippen molar-refractivity contribution < 1.29 is 91.7 Å². The third-order valence-corrected chi connectivity index (χ3v) is 23.6. The van der Waals surface area contributed by atoms with E-state index in [1.165, 1.54) is 45.1 Å². The van der Waals surface area contributed by atoms with Gasteiger partial charge in [0.25, 0.3) is 0 Å². The summed E-state index contributed by atoms with van der Waals surface area (Å²) in [7, 11) is 0. The predicted molar refractivity (Wildman–Crippen MR) is 466 cm³/mol. The molecule has 712 valence electrons. The van der Waals surface area contributed by atoms with Crippen LogP contribution in [0.5, 0.6) is 0 Å². The molecule has 5 rings (SSSR count). The van der Waals surface area contributed by atoms with Crippen LogP contribution >= 0.6 is 0 Å². The lowest BCUT2D eigenvalue weighted by molar-refractivity contribution is -0.144. The van der Waals surface area contributed by atoms with E-state index in [4.69, 9.17) is 40.1 Å². The molecular weight excluding hydrogens is 1650 g/mol. The van der Waals surface area contributed by atoms with Gasteiger partial charge in [0.15, 0.2) is 11.9 Å². The molecule has 44 nitrogen and oxygen atoms in total. The first-order chi connectivity index (χ1) is 59.9. The maximum Gasteiger partial charge on any atom is 0.248 e. The van der Waals surface area contributed by atoms with Crippen LogP contribution in [0.2, 0.25) is 0 Å². The molecule has 1 aromatic heterocycles. The van der Waals surface area contributed by atoms with Gasteiger partial charge in [-0.15, -0.1) is 0 Å². The largest absolute Gasteiger partial charge is 0.394 e. The molecule has 30 N–H and O–H groups in total. The minimum absolute atomic E-state index is 0.0111. The number of carbonyl (C=O) groups excluding carboxylic acids is 17. The Morgan fingerprint density at radius 2 is 0.937 bits per heavy atom. The highest BCUT2D eigenvalue weighted by atomic mass is 16.3. The van der Waals surface area contributed by atoms with Crippen molar-refractivity contribution in [1.29, 1.82) is 0 Å². The number of rotatable bonds is 53. The van der Waals surface area contributed by atoms with Crippen molar-refractivity contribution in [1.82, 2.24) is 84.0 Å². The number of nitrogens with two attached hydrogens (primary N) is 7. The zero-order valence-electron chi connectivity index (χ0n) is 74.7. The van der Waals surface area contributed by atoms with Crippen molar-refractivity contribution in [3.63, 3.8) is 0 Å². The number of likely N-dealkylation sites (tertiary alicyclic amines) is 1. The number of primary amides is 3. The molecule has 44 heteroatoms. The molecule has 1 aromatic rings. The number of hydrogen-bond donors (Lipinski definition) is 23. The number of aromatic amines is 1. The van der Waals surface area contributed by atoms with Crippen LogP contribution in [0, 0.1) is 23.7 Å². The van der Waals surface area contributed by atoms with E-state index in [1.54, 1.807) is 20.8 Å². The highest BCUT2D eigenvalue weighted by Crippen LogP contribution is 2.31. The van der Waals surface area contributed by atoms with Gasteiger partial charge in [-0.3, -0.25) is 91.5 Å². The number of aliphatic hydroxyl groups is 2. The highest BCUT2D eigenvalue weighted by molar-refractivity contribution is 6.02. The van der Waals surface area contributed by atoms with Gasteiger partial charge in [0.2, 0.25) is 100 Å². The molecule has 1 saturated heterocycles. The monoisotopic (exact) mass is 1790 g/mol. The fraction of sp³-hybridized carbons (Fsp3) is 0.735. The van der Waals surface area contributed by atoms with Gasteiger partial charge in [-0.1, -0.05) is 117 Å². The molecule has 17 amide bonds. The van der Waals surface area contributed by atoms with Crippen molar-refractivity contribution in [2.45, 2.75) is 338 Å². The summed E-state index contributed by atoms with van der Waals surface area (Å²) in [5.41, 5.74) is 35.9. The second-order valence-corrected chi connectivity index (χ2v) is 35.2. The molecule has 0 unspecified atom stereocenters. The lowest BCUT2D eigenvalue weighted by Gasteiger charge is -2.34. The third-order valence-electron chi connectivity index (χ3n) is 23.6. The highest BCUT2D eigenvalue weighted by Gasteiger charge is 2.45. The first kappa shape index (κ1) is 106. The number of imidazole rings is 1. The molecule has 0 aromatic carbocycles. The summed E-state index contributed by atoms with van der Waals surface area (Å²) in [5.74, 6) is -16.5. The molecule has 0 spiro atoms. The second-order valence-electron chi connectivity index (χ2n) is 35.2. The smallest absolute Gasteiger partial charge is 0.248 e. The number of hydrogen-bond acceptors (Lipinski definition) is 22. The quantitative estimate of drug-likeness (QED) is 0.0166. The van der Waals surface area contributed by atoms with E-state index in [0.717, 1.165) is 77.6 Å². The molecule has 14 atom stereocenters. The van der Waals surface area contributed by atoms with Gasteiger partial charge in [0.05, 0.1) is 25.5 Å². The number of amides is 17. The maximum atomic E-state index is 15.2. The molecule has 0 bridgehead atoms. The van der Waals surface area contributed by atoms with Gasteiger partial charge in [0, 0.05) is 51.3 Å². The molecule has 4 aliphatic rings. The van der Waals surface area contributed by atoms with Crippen molar-refractivity contribution >= 4 is 112 Å². The summed E-state index contributed by atoms with van der Waals surface area (Å²) < 4.78 is 0. The van der Waals surface area contributed by atoms with Crippen LogP contribution in [0.15, 0.2) is 22.5 Å². The van der Waals surface area contributed by atoms with Crippen molar-refractivity contribution in [2.75, 3.05) is 26.2 Å². The van der Waals surface area contributed by atoms with Crippen LogP contribution in [-0.4, -0.2) is 253 Å². The molecular formula is C83H141N25O19. The second kappa shape index (κ2) is 52.7. The van der Waals surface area contributed by atoms with E-state index in [0.29, 0.717) is 37.8 Å². The molecule has 0 radical (unpaired) electrons. The molecule has 3 aliphatic carbocycles. The number of nitrogens with zero attached hydrogens (tertiary/aromatic N) is 4. The number of aromatic nitrogens is 2. The van der Waals surface area contributed by atoms with Crippen molar-refractivity contribution in [3.05, 3.63) is 18.2 Å². The first-order valence-corrected chi connectivity index (χ1v) is 44.4. The Morgan fingerprint density at radius 3 is 1.37 bits per heavy atom. The van der Waals surface area contributed by atoms with Crippen LogP contribution in [0.4, 0.5) is 0 Å². The molecule has 1 aliphatic heterocycles. The average Bonchev–Trinajstić information content (AvgIpc) is 1.74. The lowest BCUT2D eigenvalue weighted by Crippen LogP contribution is -2.65. The van der Waals surface area contributed by atoms with E-state index in [9.17, 15) is 77.3 Å². The van der Waals surface area contributed by atoms with Gasteiger partial charge in [-0.05, 0) is 128 Å². The number of carbonyl (C=O) groups is 17. The number of nitrogens with one attached hydrogen (secondary N) is 14. The van der Waals surface area contributed by atoms with E-state index < -0.39 is 216 Å². The summed E-state index contributed by atoms with van der Waals surface area (Å²) in [6, 6.07) is -17.7. The minimum atomic E-state index is -2.03. The Hall–Kier alpha value is -11.3. The van der Waals surface area contributed by atoms with Crippen LogP contribution < -0.4 is 109 Å². The zero-order valence-corrected chi connectivity index (χ0v) is 74.7. The summed E-state index contributed by atoms with van der Waals surface area (Å²) in [5, 5.41) is 55.3. The Balaban J connectivity index is 1.37. The standard InChI is InChI=1S/C83H141N25O19/c1-9-83(8,107-75(123)62-30-21-35-108(62)77(125)61(43-109)95-47(5)111)79(127)104-59(40-51-42-91-44-94-51)72(120)102-57(38-49-24-15-11-16-25-49)70(118)101-58(39-50-26-17-12-18-27-50)71(119)103-60(41-64(85)113)73(121)100-56(36-45(2)3)74(122)106-82(6,7)78(126)105-65(46(4)110)76(124)98-53(29-20-34-93-81(89)90)67(115)97-54(31-32-63(84)112)69(117)96-52(28-19-33-92-80(87)88)68(116)99-55(66(86)114)37-48-22-13-10-14-23-48/h42,44-46,48-50,52-62,65,109-110H,9-41,43H2,1-8H3,(H2,84,112)(H2,85,113)(H2,86,114)(H,91,94)(H,95,111)(H,96,117)(H,97,115)(H,98,124)(H,99,116)(H,100,121)(H,101,118)(H,102,120)(H,103,119)(H,104,127)(H,105,126)(H,106,122)(H,107,123)(H4,87,88,92)(H4,89,90,93)/t46-,52+,53+,54+,55+,56+,57+,58+,59+,60+,61+,62-,65+,83+/m1/s1. The van der Waals surface area contributed by atoms with Crippen molar-refractivity contribution in [2.24, 2.45) is 73.8 Å². The Morgan fingerprint density at radius 1 is 0.496 bits per heavy atom. The molecule has 2 heterocycles. The third kappa shape index (κ3) is 36.5. The zero-order chi connectivity index (χ0) is 94.4. The lowest BCUT2D eigenvalue weighted by atomic mass is 9.83. The van der Waals surface area contributed by atoms with Crippen LogP contribution in [0.25, 0.3) is 0 Å². The molecule has 3 saturated carbocycles. The SMILES string of the molecule is CC[C@](C)(NC(=O)[C@H]1CCCN1C(=O)[C@H](CO)NC(C)=O)C(=O)N[C@@H](Cc1cnc[nH]1)C(=O)N[C@@H](CC1CCCCC1)C(=O)N[C@@H](CC1CCCCC1)C(=O)N[C@@H](CC(N)=O)C(=O)N[C@@H](CC(C)C)C(=O)NC(C)(C)C(=O)N[C@H](C(=O)N[C@@H](CCCN=C(N)N)C(=O)N[C@@H](CCC(N)=O)C(=O)N[C@@H](CCCN=C(N)N)C(=O)N[C@@H](CC1CCCCC1)C(N)=O)[C@@H](C)O. The van der Waals surface area contributed by atoms with Gasteiger partial charge in [-0.2, -0.15) is 0 Å².